The highest BCUT2D eigenvalue weighted by atomic mass is 35.5. The Bertz CT molecular complexity index is 418. The van der Waals surface area contributed by atoms with Crippen LogP contribution in [0.25, 0.3) is 10.8 Å². The molecule has 63 valence electrons. The van der Waals surface area contributed by atoms with Crippen molar-refractivity contribution in [3.05, 3.63) is 42.5 Å². The smallest absolute Gasteiger partial charge is 0.189 e. The first kappa shape index (κ1) is 8.64. The number of fused-ring (bicyclic) bond motifs is 1. The van der Waals surface area contributed by atoms with E-state index in [2.05, 4.69) is 24.3 Å². The fraction of sp³-hybridized carbons (Fsp3) is 0.0909. The van der Waals surface area contributed by atoms with Gasteiger partial charge in [-0.05, 0) is 16.8 Å². The fourth-order valence-corrected chi connectivity index (χ4v) is 1.69. The van der Waals surface area contributed by atoms with Crippen LogP contribution in [0.1, 0.15) is 0 Å². The van der Waals surface area contributed by atoms with Crippen molar-refractivity contribution in [3.63, 3.8) is 0 Å². The molecule has 0 nitrogen and oxygen atoms in total. The molecule has 2 heteroatoms. The lowest BCUT2D eigenvalue weighted by Crippen LogP contribution is -2.20. The van der Waals surface area contributed by atoms with Crippen LogP contribution >= 0.6 is 11.5 Å². The summed E-state index contributed by atoms with van der Waals surface area (Å²) in [5.41, 5.74) is 1.15. The molecule has 2 aromatic carbocycles. The van der Waals surface area contributed by atoms with Gasteiger partial charge in [0.1, 0.15) is 0 Å². The van der Waals surface area contributed by atoms with Gasteiger partial charge >= 0.3 is 0 Å². The predicted octanol–water partition coefficient (Wildman–Crippen LogP) is 2.71. The molecular weight excluding hydrogens is 178 g/mol. The molecule has 0 aliphatic rings. The maximum Gasteiger partial charge on any atom is 0.280 e. The van der Waals surface area contributed by atoms with Gasteiger partial charge in [-0.25, -0.2) is 0 Å². The minimum absolute atomic E-state index is 0.0438. The highest BCUT2D eigenvalue weighted by molar-refractivity contribution is 7.14. The second-order valence-corrected chi connectivity index (χ2v) is 3.75. The molecule has 0 fully saturated rings. The molecule has 0 spiro atoms. The zero-order chi connectivity index (χ0) is 9.26. The Labute approximate surface area is 83.5 Å². The summed E-state index contributed by atoms with van der Waals surface area (Å²) in [5, 5.41) is 2.33. The van der Waals surface area contributed by atoms with Crippen molar-refractivity contribution in [2.45, 2.75) is 6.82 Å². The molecular formula is C11H9BCl. The Morgan fingerprint density at radius 3 is 2.77 bits per heavy atom. The minimum Gasteiger partial charge on any atom is -0.189 e. The standard InChI is InChI=1S/C11H9BCl/c1-12(13)11-8-4-6-9-5-2-3-7-10(9)11/h2-6,8H,1H3. The van der Waals surface area contributed by atoms with E-state index in [4.69, 9.17) is 11.5 Å². The molecule has 0 saturated heterocycles. The third kappa shape index (κ3) is 1.57. The first-order valence-electron chi connectivity index (χ1n) is 4.32. The van der Waals surface area contributed by atoms with Crippen molar-refractivity contribution in [3.8, 4) is 0 Å². The molecule has 1 radical (unpaired) electrons. The third-order valence-corrected chi connectivity index (χ3v) is 2.39. The van der Waals surface area contributed by atoms with E-state index >= 15 is 0 Å². The summed E-state index contributed by atoms with van der Waals surface area (Å²) < 4.78 is 0. The summed E-state index contributed by atoms with van der Waals surface area (Å²) in [5.74, 6) is 0. The Morgan fingerprint density at radius 1 is 1.23 bits per heavy atom. The van der Waals surface area contributed by atoms with Crippen molar-refractivity contribution in [2.75, 3.05) is 0 Å². The van der Waals surface area contributed by atoms with E-state index in [1.54, 1.807) is 0 Å². The lowest BCUT2D eigenvalue weighted by Gasteiger charge is -2.04. The molecule has 2 aromatic rings. The fourth-order valence-electron chi connectivity index (χ4n) is 1.51. The largest absolute Gasteiger partial charge is 0.280 e. The van der Waals surface area contributed by atoms with Gasteiger partial charge in [0.15, 0.2) is 0 Å². The molecule has 0 aromatic heterocycles. The normalized spacial score (nSPS) is 10.3. The Kier molecular flexibility index (Phi) is 2.28. The first-order valence-corrected chi connectivity index (χ1v) is 4.76. The Hall–Kier alpha value is -0.945. The molecule has 0 N–H and O–H groups in total. The topological polar surface area (TPSA) is 0 Å². The number of hydrogen-bond donors (Lipinski definition) is 0. The summed E-state index contributed by atoms with van der Waals surface area (Å²) in [4.78, 5) is 0. The summed E-state index contributed by atoms with van der Waals surface area (Å²) in [6.45, 7) is 1.98. The van der Waals surface area contributed by atoms with E-state index in [-0.39, 0.29) is 6.13 Å². The SMILES string of the molecule is CB(Cl)c1cccc2ccc[c]c12. The molecule has 0 unspecified atom stereocenters. The summed E-state index contributed by atoms with van der Waals surface area (Å²) in [7, 11) is 0. The van der Waals surface area contributed by atoms with Crippen LogP contribution in [0.5, 0.6) is 0 Å². The molecule has 0 aliphatic heterocycles. The summed E-state index contributed by atoms with van der Waals surface area (Å²) in [6.07, 6.45) is 0.0438. The zero-order valence-corrected chi connectivity index (χ0v) is 8.18. The zero-order valence-electron chi connectivity index (χ0n) is 7.42. The van der Waals surface area contributed by atoms with E-state index in [0.717, 1.165) is 10.8 Å². The highest BCUT2D eigenvalue weighted by Gasteiger charge is 2.08. The second kappa shape index (κ2) is 3.43. The molecule has 0 amide bonds. The lowest BCUT2D eigenvalue weighted by molar-refractivity contribution is 1.76. The maximum atomic E-state index is 6.06. The van der Waals surface area contributed by atoms with Crippen LogP contribution < -0.4 is 5.46 Å². The third-order valence-electron chi connectivity index (χ3n) is 2.16. The van der Waals surface area contributed by atoms with Gasteiger partial charge in [-0.3, -0.25) is 0 Å². The van der Waals surface area contributed by atoms with Crippen LogP contribution in [-0.2, 0) is 0 Å². The van der Waals surface area contributed by atoms with Gasteiger partial charge in [-0.2, -0.15) is 11.5 Å². The van der Waals surface area contributed by atoms with Crippen LogP contribution in [-0.4, -0.2) is 6.13 Å². The van der Waals surface area contributed by atoms with E-state index in [9.17, 15) is 0 Å². The Morgan fingerprint density at radius 2 is 2.00 bits per heavy atom. The van der Waals surface area contributed by atoms with Gasteiger partial charge in [-0.1, -0.05) is 48.7 Å². The molecule has 0 atom stereocenters. The molecule has 2 rings (SSSR count). The summed E-state index contributed by atoms with van der Waals surface area (Å²) >= 11 is 6.06. The van der Waals surface area contributed by atoms with E-state index in [1.165, 1.54) is 5.39 Å². The molecule has 13 heavy (non-hydrogen) atoms. The van der Waals surface area contributed by atoms with Crippen molar-refractivity contribution >= 4 is 33.8 Å². The van der Waals surface area contributed by atoms with Crippen molar-refractivity contribution < 1.29 is 0 Å². The number of rotatable bonds is 1. The lowest BCUT2D eigenvalue weighted by atomic mass is 9.69. The highest BCUT2D eigenvalue weighted by Crippen LogP contribution is 2.11. The molecule has 0 bridgehead atoms. The van der Waals surface area contributed by atoms with Crippen molar-refractivity contribution in [1.29, 1.82) is 0 Å². The number of benzene rings is 2. The van der Waals surface area contributed by atoms with E-state index < -0.39 is 0 Å². The van der Waals surface area contributed by atoms with E-state index in [1.807, 2.05) is 25.0 Å². The van der Waals surface area contributed by atoms with Gasteiger partial charge in [0.05, 0.1) is 0 Å². The van der Waals surface area contributed by atoms with Gasteiger partial charge in [0.2, 0.25) is 0 Å². The van der Waals surface area contributed by atoms with Crippen LogP contribution in [0.4, 0.5) is 0 Å². The number of hydrogen-bond acceptors (Lipinski definition) is 0. The van der Waals surface area contributed by atoms with Gasteiger partial charge in [-0.15, -0.1) is 0 Å². The average Bonchev–Trinajstić information content (AvgIpc) is 2.17. The maximum absolute atomic E-state index is 6.06. The van der Waals surface area contributed by atoms with Crippen LogP contribution in [0.2, 0.25) is 6.82 Å². The van der Waals surface area contributed by atoms with Gasteiger partial charge < -0.3 is 0 Å². The van der Waals surface area contributed by atoms with Gasteiger partial charge in [0, 0.05) is 0 Å². The Balaban J connectivity index is 2.76. The monoisotopic (exact) mass is 187 g/mol. The quantitative estimate of drug-likeness (QED) is 0.602. The minimum atomic E-state index is 0.0438. The molecule has 0 aliphatic carbocycles. The second-order valence-electron chi connectivity index (χ2n) is 3.10. The van der Waals surface area contributed by atoms with Crippen LogP contribution in [0.3, 0.4) is 0 Å². The van der Waals surface area contributed by atoms with Crippen LogP contribution in [0, 0.1) is 6.07 Å². The van der Waals surface area contributed by atoms with Gasteiger partial charge in [0.25, 0.3) is 6.13 Å². The van der Waals surface area contributed by atoms with Crippen LogP contribution in [0.15, 0.2) is 36.4 Å². The van der Waals surface area contributed by atoms with Crippen molar-refractivity contribution in [1.82, 2.24) is 0 Å². The number of halogens is 1. The summed E-state index contributed by atoms with van der Waals surface area (Å²) in [6, 6.07) is 15.4. The van der Waals surface area contributed by atoms with E-state index in [0.29, 0.717) is 0 Å². The molecule has 0 saturated carbocycles. The molecule has 0 heterocycles. The predicted molar refractivity (Wildman–Crippen MR) is 59.9 cm³/mol. The average molecular weight is 187 g/mol. The van der Waals surface area contributed by atoms with Crippen molar-refractivity contribution in [2.24, 2.45) is 0 Å². The first-order chi connectivity index (χ1) is 6.29.